The number of rotatable bonds is 9. The predicted octanol–water partition coefficient (Wildman–Crippen LogP) is 4.57. The molecule has 5 heteroatoms. The molecule has 0 fully saturated rings. The quantitative estimate of drug-likeness (QED) is 0.532. The number of sulfonamides is 1. The van der Waals surface area contributed by atoms with E-state index in [-0.39, 0.29) is 17.4 Å². The number of aliphatic hydroxyl groups excluding tert-OH is 1. The second kappa shape index (κ2) is 10.2. The summed E-state index contributed by atoms with van der Waals surface area (Å²) >= 11 is 0. The molecular formula is C25H27NO3S. The lowest BCUT2D eigenvalue weighted by Crippen LogP contribution is -2.20. The lowest BCUT2D eigenvalue weighted by Gasteiger charge is -2.21. The average molecular weight is 422 g/mol. The lowest BCUT2D eigenvalue weighted by atomic mass is 9.85. The maximum absolute atomic E-state index is 12.8. The van der Waals surface area contributed by atoms with Crippen LogP contribution in [0.4, 0.5) is 0 Å². The van der Waals surface area contributed by atoms with Crippen LogP contribution >= 0.6 is 0 Å². The third kappa shape index (κ3) is 5.81. The molecule has 0 radical (unpaired) electrons. The second-order valence-corrected chi connectivity index (χ2v) is 9.01. The molecular weight excluding hydrogens is 394 g/mol. The van der Waals surface area contributed by atoms with Crippen molar-refractivity contribution < 1.29 is 13.5 Å². The Labute approximate surface area is 179 Å². The summed E-state index contributed by atoms with van der Waals surface area (Å²) in [5, 5.41) is 9.68. The number of aliphatic hydroxyl groups is 1. The predicted molar refractivity (Wildman–Crippen MR) is 121 cm³/mol. The van der Waals surface area contributed by atoms with E-state index in [1.54, 1.807) is 30.5 Å². The van der Waals surface area contributed by atoms with Gasteiger partial charge in [-0.2, -0.15) is 0 Å². The molecule has 4 nitrogen and oxygen atoms in total. The van der Waals surface area contributed by atoms with Crippen LogP contribution in [-0.4, -0.2) is 20.1 Å². The number of allylic oxidation sites excluding steroid dienone is 1. The highest BCUT2D eigenvalue weighted by Crippen LogP contribution is 2.30. The van der Waals surface area contributed by atoms with E-state index in [0.717, 1.165) is 22.3 Å². The summed E-state index contributed by atoms with van der Waals surface area (Å²) in [4.78, 5) is 0.224. The standard InChI is InChI=1S/C25H27NO3S/c1-20-12-14-24(15-13-20)30(28,29)26-19-23(18-21-8-4-2-5-9-21)25(16-17-27)22-10-6-3-7-11-22/h2-15,19,25-27H,16-18H2,1H3/b23-19+/t25-/m1/s1. The van der Waals surface area contributed by atoms with Crippen molar-refractivity contribution in [2.24, 2.45) is 0 Å². The zero-order chi connectivity index (χ0) is 21.4. The molecule has 156 valence electrons. The van der Waals surface area contributed by atoms with Crippen molar-refractivity contribution in [1.29, 1.82) is 0 Å². The number of hydrogen-bond donors (Lipinski definition) is 2. The van der Waals surface area contributed by atoms with Gasteiger partial charge in [-0.3, -0.25) is 4.72 Å². The summed E-state index contributed by atoms with van der Waals surface area (Å²) in [5.41, 5.74) is 4.03. The van der Waals surface area contributed by atoms with Crippen LogP contribution in [-0.2, 0) is 16.4 Å². The molecule has 3 aromatic carbocycles. The van der Waals surface area contributed by atoms with E-state index in [0.29, 0.717) is 12.8 Å². The smallest absolute Gasteiger partial charge is 0.261 e. The monoisotopic (exact) mass is 421 g/mol. The first-order valence-corrected chi connectivity index (χ1v) is 11.5. The van der Waals surface area contributed by atoms with E-state index in [1.165, 1.54) is 0 Å². The zero-order valence-electron chi connectivity index (χ0n) is 17.0. The van der Waals surface area contributed by atoms with Gasteiger partial charge in [0.15, 0.2) is 0 Å². The Morgan fingerprint density at radius 2 is 1.53 bits per heavy atom. The molecule has 3 rings (SSSR count). The van der Waals surface area contributed by atoms with Gasteiger partial charge in [0.25, 0.3) is 10.0 Å². The summed E-state index contributed by atoms with van der Waals surface area (Å²) in [6, 6.07) is 26.6. The van der Waals surface area contributed by atoms with Gasteiger partial charge in [0.2, 0.25) is 0 Å². The van der Waals surface area contributed by atoms with Crippen LogP contribution < -0.4 is 4.72 Å². The first kappa shape index (κ1) is 21.8. The van der Waals surface area contributed by atoms with Gasteiger partial charge in [-0.05, 0) is 48.6 Å². The van der Waals surface area contributed by atoms with Crippen LogP contribution in [0.3, 0.4) is 0 Å². The molecule has 0 heterocycles. The Morgan fingerprint density at radius 1 is 0.933 bits per heavy atom. The van der Waals surface area contributed by atoms with Crippen LogP contribution in [0.5, 0.6) is 0 Å². The summed E-state index contributed by atoms with van der Waals surface area (Å²) < 4.78 is 28.3. The Bertz CT molecular complexity index is 1060. The number of hydrogen-bond acceptors (Lipinski definition) is 3. The number of benzene rings is 3. The minimum absolute atomic E-state index is 0.0103. The molecule has 0 spiro atoms. The minimum atomic E-state index is -3.68. The highest BCUT2D eigenvalue weighted by molar-refractivity contribution is 7.89. The SMILES string of the molecule is Cc1ccc(S(=O)(=O)N/C=C(\Cc2ccccc2)[C@H](CCO)c2ccccc2)cc1. The molecule has 0 unspecified atom stereocenters. The lowest BCUT2D eigenvalue weighted by molar-refractivity contribution is 0.280. The van der Waals surface area contributed by atoms with Crippen molar-refractivity contribution >= 4 is 10.0 Å². The molecule has 0 amide bonds. The molecule has 0 aliphatic rings. The largest absolute Gasteiger partial charge is 0.396 e. The van der Waals surface area contributed by atoms with Gasteiger partial charge in [-0.1, -0.05) is 78.4 Å². The molecule has 0 aliphatic carbocycles. The highest BCUT2D eigenvalue weighted by Gasteiger charge is 2.19. The van der Waals surface area contributed by atoms with Crippen molar-refractivity contribution in [3.63, 3.8) is 0 Å². The van der Waals surface area contributed by atoms with Crippen LogP contribution in [0, 0.1) is 6.92 Å². The van der Waals surface area contributed by atoms with Gasteiger partial charge in [-0.25, -0.2) is 8.42 Å². The Kier molecular flexibility index (Phi) is 7.44. The van der Waals surface area contributed by atoms with E-state index in [4.69, 9.17) is 0 Å². The first-order valence-electron chi connectivity index (χ1n) is 9.97. The summed E-state index contributed by atoms with van der Waals surface area (Å²) in [5.74, 6) is -0.0999. The topological polar surface area (TPSA) is 66.4 Å². The zero-order valence-corrected chi connectivity index (χ0v) is 17.8. The minimum Gasteiger partial charge on any atom is -0.396 e. The van der Waals surface area contributed by atoms with Crippen LogP contribution in [0.25, 0.3) is 0 Å². The maximum atomic E-state index is 12.8. The van der Waals surface area contributed by atoms with Crippen LogP contribution in [0.15, 0.2) is 102 Å². The van der Waals surface area contributed by atoms with E-state index < -0.39 is 10.0 Å². The molecule has 2 N–H and O–H groups in total. The molecule has 0 aliphatic heterocycles. The molecule has 1 atom stereocenters. The van der Waals surface area contributed by atoms with Crippen molar-refractivity contribution in [1.82, 2.24) is 4.72 Å². The van der Waals surface area contributed by atoms with Gasteiger partial charge in [-0.15, -0.1) is 0 Å². The van der Waals surface area contributed by atoms with E-state index in [2.05, 4.69) is 4.72 Å². The molecule has 0 saturated heterocycles. The van der Waals surface area contributed by atoms with Gasteiger partial charge in [0, 0.05) is 18.7 Å². The summed E-state index contributed by atoms with van der Waals surface area (Å²) in [7, 11) is -3.68. The van der Waals surface area contributed by atoms with Crippen molar-refractivity contribution in [3.8, 4) is 0 Å². The van der Waals surface area contributed by atoms with Gasteiger partial charge in [0.1, 0.15) is 0 Å². The molecule has 0 bridgehead atoms. The molecule has 0 saturated carbocycles. The summed E-state index contributed by atoms with van der Waals surface area (Å²) in [6.45, 7) is 1.93. The molecule has 0 aromatic heterocycles. The van der Waals surface area contributed by atoms with Crippen LogP contribution in [0.1, 0.15) is 29.0 Å². The third-order valence-corrected chi connectivity index (χ3v) is 6.37. The van der Waals surface area contributed by atoms with Gasteiger partial charge in [0.05, 0.1) is 4.90 Å². The fraction of sp³-hybridized carbons (Fsp3) is 0.200. The van der Waals surface area contributed by atoms with E-state index in [9.17, 15) is 13.5 Å². The maximum Gasteiger partial charge on any atom is 0.261 e. The first-order chi connectivity index (χ1) is 14.5. The van der Waals surface area contributed by atoms with Crippen LogP contribution in [0.2, 0.25) is 0 Å². The Hall–Kier alpha value is -2.89. The third-order valence-electron chi connectivity index (χ3n) is 5.05. The number of aryl methyl sites for hydroxylation is 1. The Balaban J connectivity index is 1.96. The van der Waals surface area contributed by atoms with Gasteiger partial charge >= 0.3 is 0 Å². The number of nitrogens with one attached hydrogen (secondary N) is 1. The van der Waals surface area contributed by atoms with E-state index in [1.807, 2.05) is 67.6 Å². The molecule has 3 aromatic rings. The normalized spacial score (nSPS) is 13.1. The second-order valence-electron chi connectivity index (χ2n) is 7.29. The van der Waals surface area contributed by atoms with Gasteiger partial charge < -0.3 is 5.11 Å². The van der Waals surface area contributed by atoms with Crippen molar-refractivity contribution in [2.45, 2.75) is 30.6 Å². The van der Waals surface area contributed by atoms with Crippen molar-refractivity contribution in [3.05, 3.63) is 113 Å². The fourth-order valence-corrected chi connectivity index (χ4v) is 4.36. The van der Waals surface area contributed by atoms with E-state index >= 15 is 0 Å². The van der Waals surface area contributed by atoms with Crippen molar-refractivity contribution in [2.75, 3.05) is 6.61 Å². The summed E-state index contributed by atoms with van der Waals surface area (Å²) in [6.07, 6.45) is 2.68. The average Bonchev–Trinajstić information content (AvgIpc) is 2.77. The highest BCUT2D eigenvalue weighted by atomic mass is 32.2. The fourth-order valence-electron chi connectivity index (χ4n) is 3.43. The Morgan fingerprint density at radius 3 is 2.13 bits per heavy atom. The molecule has 30 heavy (non-hydrogen) atoms.